The second-order valence-corrected chi connectivity index (χ2v) is 11.8. The summed E-state index contributed by atoms with van der Waals surface area (Å²) in [5.74, 6) is 0.257. The third-order valence-electron chi connectivity index (χ3n) is 7.83. The number of nitrogens with zero attached hydrogens (tertiary/aromatic N) is 7. The van der Waals surface area contributed by atoms with Gasteiger partial charge in [0, 0.05) is 81.4 Å². The van der Waals surface area contributed by atoms with Crippen molar-refractivity contribution in [2.75, 3.05) is 6.54 Å². The minimum Gasteiger partial charge on any atom is -0.507 e. The fraction of sp³-hybridized carbons (Fsp3) is 0.175. The SMILES string of the molecule is C=N/C=C(\C=C/C)CN(Cc1ccccn1)Cc1cc(-c2ccc(N=C=S)cc2)cc(CN(Cc2cccnc2)Cc2ccccn2)c1O. The van der Waals surface area contributed by atoms with Crippen molar-refractivity contribution in [1.82, 2.24) is 24.8 Å². The van der Waals surface area contributed by atoms with Crippen LogP contribution in [-0.2, 0) is 32.7 Å². The van der Waals surface area contributed by atoms with Gasteiger partial charge in [-0.15, -0.1) is 0 Å². The number of aliphatic imine (C=N–C) groups is 2. The summed E-state index contributed by atoms with van der Waals surface area (Å²) in [5.41, 5.74) is 8.26. The van der Waals surface area contributed by atoms with E-state index in [2.05, 4.69) is 64.8 Å². The van der Waals surface area contributed by atoms with E-state index in [0.717, 1.165) is 50.5 Å². The number of phenolic OH excluding ortho intramolecular Hbond substituents is 1. The van der Waals surface area contributed by atoms with E-state index in [1.807, 2.05) is 92.0 Å². The number of phenols is 1. The average molecular weight is 666 g/mol. The smallest absolute Gasteiger partial charge is 0.124 e. The van der Waals surface area contributed by atoms with Crippen molar-refractivity contribution < 1.29 is 5.11 Å². The van der Waals surface area contributed by atoms with Crippen LogP contribution in [0.5, 0.6) is 5.75 Å². The highest BCUT2D eigenvalue weighted by Gasteiger charge is 2.19. The quantitative estimate of drug-likeness (QED) is 0.0644. The number of hydrogen-bond donors (Lipinski definition) is 1. The highest BCUT2D eigenvalue weighted by atomic mass is 32.1. The average Bonchev–Trinajstić information content (AvgIpc) is 3.12. The van der Waals surface area contributed by atoms with Gasteiger partial charge in [0.2, 0.25) is 0 Å². The molecule has 0 aliphatic heterocycles. The van der Waals surface area contributed by atoms with Crippen LogP contribution in [0.1, 0.15) is 35.0 Å². The van der Waals surface area contributed by atoms with Crippen LogP contribution in [-0.4, -0.2) is 48.3 Å². The molecule has 1 N–H and O–H groups in total. The van der Waals surface area contributed by atoms with E-state index in [-0.39, 0.29) is 5.75 Å². The van der Waals surface area contributed by atoms with E-state index < -0.39 is 0 Å². The maximum Gasteiger partial charge on any atom is 0.124 e. The normalized spacial score (nSPS) is 11.6. The molecule has 0 aliphatic carbocycles. The van der Waals surface area contributed by atoms with Gasteiger partial charge in [-0.1, -0.05) is 42.5 Å². The van der Waals surface area contributed by atoms with Crippen molar-refractivity contribution in [3.63, 3.8) is 0 Å². The lowest BCUT2D eigenvalue weighted by molar-refractivity contribution is 0.239. The molecule has 0 saturated carbocycles. The standard InChI is InChI=1S/C40H39N7OS/c1-3-9-31(22-41-2)24-46(28-38-11-4-6-18-43-38)26-35-20-34(33-13-15-37(16-14-33)45-30-49)21-36(40(35)48)27-47(25-32-10-8-17-42-23-32)29-39-12-5-7-19-44-39/h3-23,48H,2,24-29H2,1H3/b9-3-,31-22+. The molecular formula is C40H39N7OS. The molecule has 0 spiro atoms. The predicted octanol–water partition coefficient (Wildman–Crippen LogP) is 8.34. The summed E-state index contributed by atoms with van der Waals surface area (Å²) in [6, 6.07) is 27.8. The maximum atomic E-state index is 12.0. The Labute approximate surface area is 293 Å². The van der Waals surface area contributed by atoms with Crippen LogP contribution in [0.2, 0.25) is 0 Å². The number of isothiocyanates is 1. The predicted molar refractivity (Wildman–Crippen MR) is 200 cm³/mol. The number of aromatic nitrogens is 3. The number of pyridine rings is 3. The van der Waals surface area contributed by atoms with Crippen LogP contribution in [0.3, 0.4) is 0 Å². The molecule has 3 aromatic heterocycles. The second-order valence-electron chi connectivity index (χ2n) is 11.6. The number of benzene rings is 2. The Balaban J connectivity index is 1.56. The van der Waals surface area contributed by atoms with Crippen molar-refractivity contribution in [2.24, 2.45) is 9.98 Å². The molecule has 0 atom stereocenters. The fourth-order valence-electron chi connectivity index (χ4n) is 5.68. The monoisotopic (exact) mass is 665 g/mol. The van der Waals surface area contributed by atoms with Gasteiger partial charge < -0.3 is 5.11 Å². The van der Waals surface area contributed by atoms with Crippen molar-refractivity contribution in [1.29, 1.82) is 0 Å². The minimum absolute atomic E-state index is 0.257. The molecule has 49 heavy (non-hydrogen) atoms. The first-order valence-corrected chi connectivity index (χ1v) is 16.4. The van der Waals surface area contributed by atoms with Crippen LogP contribution in [0.4, 0.5) is 5.69 Å². The first-order chi connectivity index (χ1) is 24.0. The van der Waals surface area contributed by atoms with Gasteiger partial charge in [-0.05, 0) is 103 Å². The van der Waals surface area contributed by atoms with Gasteiger partial charge in [0.05, 0.1) is 22.2 Å². The van der Waals surface area contributed by atoms with Gasteiger partial charge in [-0.2, -0.15) is 4.99 Å². The largest absolute Gasteiger partial charge is 0.507 e. The van der Waals surface area contributed by atoms with Crippen molar-refractivity contribution >= 4 is 29.8 Å². The molecule has 5 rings (SSSR count). The van der Waals surface area contributed by atoms with Crippen LogP contribution in [0.25, 0.3) is 11.1 Å². The molecule has 246 valence electrons. The van der Waals surface area contributed by atoms with Crippen LogP contribution in [0.15, 0.2) is 144 Å². The zero-order chi connectivity index (χ0) is 34.3. The van der Waals surface area contributed by atoms with E-state index >= 15 is 0 Å². The number of rotatable bonds is 16. The topological polar surface area (TPSA) is 90.1 Å². The molecule has 0 aliphatic rings. The number of allylic oxidation sites excluding steroid dienone is 1. The molecule has 8 nitrogen and oxygen atoms in total. The van der Waals surface area contributed by atoms with Crippen LogP contribution >= 0.6 is 12.2 Å². The van der Waals surface area contributed by atoms with Gasteiger partial charge in [-0.25, -0.2) is 0 Å². The molecule has 0 amide bonds. The molecule has 0 bridgehead atoms. The van der Waals surface area contributed by atoms with Crippen LogP contribution in [0, 0.1) is 0 Å². The minimum atomic E-state index is 0.257. The summed E-state index contributed by atoms with van der Waals surface area (Å²) in [6.45, 7) is 8.97. The van der Waals surface area contributed by atoms with Gasteiger partial charge in [0.15, 0.2) is 0 Å². The van der Waals surface area contributed by atoms with E-state index in [1.54, 1.807) is 24.8 Å². The number of hydrogen-bond acceptors (Lipinski definition) is 9. The van der Waals surface area contributed by atoms with Gasteiger partial charge >= 0.3 is 0 Å². The zero-order valence-corrected chi connectivity index (χ0v) is 28.4. The van der Waals surface area contributed by atoms with Crippen molar-refractivity contribution in [2.45, 2.75) is 39.6 Å². The Morgan fingerprint density at radius 2 is 1.49 bits per heavy atom. The zero-order valence-electron chi connectivity index (χ0n) is 27.6. The van der Waals surface area contributed by atoms with Gasteiger partial charge in [-0.3, -0.25) is 29.7 Å². The Morgan fingerprint density at radius 3 is 2.06 bits per heavy atom. The summed E-state index contributed by atoms with van der Waals surface area (Å²) in [7, 11) is 0. The van der Waals surface area contributed by atoms with E-state index in [1.165, 1.54) is 0 Å². The Hall–Kier alpha value is -5.44. The molecule has 5 aromatic rings. The summed E-state index contributed by atoms with van der Waals surface area (Å²) in [5, 5.41) is 14.5. The molecule has 0 radical (unpaired) electrons. The molecule has 3 heterocycles. The molecule has 0 unspecified atom stereocenters. The highest BCUT2D eigenvalue weighted by molar-refractivity contribution is 7.78. The summed E-state index contributed by atoms with van der Waals surface area (Å²) in [6.07, 6.45) is 13.0. The number of thiocarbonyl (C=S) groups is 1. The first-order valence-electron chi connectivity index (χ1n) is 16.0. The van der Waals surface area contributed by atoms with E-state index in [9.17, 15) is 5.11 Å². The van der Waals surface area contributed by atoms with Crippen molar-refractivity contribution in [3.05, 3.63) is 162 Å². The third kappa shape index (κ3) is 10.5. The first kappa shape index (κ1) is 34.9. The lowest BCUT2D eigenvalue weighted by Gasteiger charge is -2.26. The van der Waals surface area contributed by atoms with Crippen molar-refractivity contribution in [3.8, 4) is 16.9 Å². The molecule has 2 aromatic carbocycles. The Morgan fingerprint density at radius 1 is 0.816 bits per heavy atom. The summed E-state index contributed by atoms with van der Waals surface area (Å²) < 4.78 is 0. The number of aromatic hydroxyl groups is 1. The van der Waals surface area contributed by atoms with Crippen LogP contribution < -0.4 is 0 Å². The van der Waals surface area contributed by atoms with Gasteiger partial charge in [0.1, 0.15) is 5.75 Å². The lowest BCUT2D eigenvalue weighted by atomic mass is 9.97. The molecule has 9 heteroatoms. The maximum absolute atomic E-state index is 12.0. The molecule has 0 fully saturated rings. The van der Waals surface area contributed by atoms with E-state index in [4.69, 9.17) is 12.2 Å². The van der Waals surface area contributed by atoms with Gasteiger partial charge in [0.25, 0.3) is 0 Å². The third-order valence-corrected chi connectivity index (χ3v) is 7.92. The van der Waals surface area contributed by atoms with E-state index in [0.29, 0.717) is 39.3 Å². The highest BCUT2D eigenvalue weighted by Crippen LogP contribution is 2.34. The molecule has 0 saturated heterocycles. The lowest BCUT2D eigenvalue weighted by Crippen LogP contribution is -2.26. The summed E-state index contributed by atoms with van der Waals surface area (Å²) in [4.78, 5) is 26.2. The Kier molecular flexibility index (Phi) is 13.0. The summed E-state index contributed by atoms with van der Waals surface area (Å²) >= 11 is 4.81. The second kappa shape index (κ2) is 18.2. The fourth-order valence-corrected chi connectivity index (χ4v) is 5.79. The Bertz CT molecular complexity index is 1870. The molecular weight excluding hydrogens is 627 g/mol.